The van der Waals surface area contributed by atoms with Gasteiger partial charge in [0.05, 0.1) is 0 Å². The summed E-state index contributed by atoms with van der Waals surface area (Å²) in [6.07, 6.45) is 11.0. The van der Waals surface area contributed by atoms with E-state index in [1.54, 1.807) is 0 Å². The van der Waals surface area contributed by atoms with Gasteiger partial charge in [-0.15, -0.1) is 0 Å². The van der Waals surface area contributed by atoms with E-state index >= 15 is 0 Å². The standard InChI is InChI=1S/C34H48N2O2/c1-26(28-11-5-2-6-12-28)17-18-27-19-21-35(22-20-27)23-31-24-36(25-32(31)29-13-7-3-8-14-29)33(34(37)38)30-15-9-4-10-16-30/h2-3,5-8,11-14,26-27,30-33H,4,9-10,15-25H2,1H3,(H,37,38)/t26-,31-,32+,33+/m0/s1. The number of likely N-dealkylation sites (tertiary alicyclic amines) is 2. The summed E-state index contributed by atoms with van der Waals surface area (Å²) in [7, 11) is 0. The van der Waals surface area contributed by atoms with Crippen LogP contribution in [0, 0.1) is 17.8 Å². The molecular formula is C34H48N2O2. The fourth-order valence-electron chi connectivity index (χ4n) is 7.72. The lowest BCUT2D eigenvalue weighted by Gasteiger charge is -2.35. The maximum absolute atomic E-state index is 12.5. The first kappa shape index (κ1) is 27.4. The van der Waals surface area contributed by atoms with Crippen molar-refractivity contribution >= 4 is 5.97 Å². The maximum Gasteiger partial charge on any atom is 0.321 e. The minimum absolute atomic E-state index is 0.311. The molecule has 0 aromatic heterocycles. The Kier molecular flexibility index (Phi) is 9.56. The molecule has 1 N–H and O–H groups in total. The molecule has 0 bridgehead atoms. The molecule has 0 amide bonds. The molecule has 3 fully saturated rings. The fourth-order valence-corrected chi connectivity index (χ4v) is 7.72. The second-order valence-corrected chi connectivity index (χ2v) is 12.5. The SMILES string of the molecule is C[C@@H](CCC1CCN(C[C@H]2CN([C@@H](C(=O)O)C3CCCCC3)C[C@@H]2c2ccccc2)CC1)c1ccccc1. The van der Waals surface area contributed by atoms with Crippen LogP contribution < -0.4 is 0 Å². The molecule has 38 heavy (non-hydrogen) atoms. The van der Waals surface area contributed by atoms with Crippen molar-refractivity contribution in [3.63, 3.8) is 0 Å². The van der Waals surface area contributed by atoms with Crippen molar-refractivity contribution in [2.45, 2.75) is 82.6 Å². The second-order valence-electron chi connectivity index (χ2n) is 12.5. The summed E-state index contributed by atoms with van der Waals surface area (Å²) in [5.41, 5.74) is 2.85. The normalized spacial score (nSPS) is 25.8. The Bertz CT molecular complexity index is 982. The molecule has 2 aromatic carbocycles. The molecule has 5 rings (SSSR count). The van der Waals surface area contributed by atoms with Crippen LogP contribution in [0.3, 0.4) is 0 Å². The van der Waals surface area contributed by atoms with Gasteiger partial charge >= 0.3 is 5.97 Å². The fraction of sp³-hybridized carbons (Fsp3) is 0.618. The Morgan fingerprint density at radius 3 is 2.21 bits per heavy atom. The lowest BCUT2D eigenvalue weighted by Crippen LogP contribution is -2.46. The Balaban J connectivity index is 1.18. The van der Waals surface area contributed by atoms with Gasteiger partial charge in [0.15, 0.2) is 0 Å². The number of nitrogens with zero attached hydrogens (tertiary/aromatic N) is 2. The Labute approximate surface area is 230 Å². The van der Waals surface area contributed by atoms with Crippen LogP contribution in [0.1, 0.15) is 87.7 Å². The highest BCUT2D eigenvalue weighted by atomic mass is 16.4. The third-order valence-corrected chi connectivity index (χ3v) is 10.0. The first-order valence-corrected chi connectivity index (χ1v) is 15.4. The van der Waals surface area contributed by atoms with Gasteiger partial charge in [0.25, 0.3) is 0 Å². The summed E-state index contributed by atoms with van der Waals surface area (Å²) in [5.74, 6) is 2.10. The molecule has 4 nitrogen and oxygen atoms in total. The van der Waals surface area contributed by atoms with Crippen molar-refractivity contribution in [1.29, 1.82) is 0 Å². The number of piperidine rings is 1. The molecule has 2 heterocycles. The highest BCUT2D eigenvalue weighted by Gasteiger charge is 2.43. The summed E-state index contributed by atoms with van der Waals surface area (Å²) in [5, 5.41) is 10.3. The highest BCUT2D eigenvalue weighted by molar-refractivity contribution is 5.74. The third-order valence-electron chi connectivity index (χ3n) is 10.0. The monoisotopic (exact) mass is 516 g/mol. The number of hydrogen-bond acceptors (Lipinski definition) is 3. The topological polar surface area (TPSA) is 43.8 Å². The van der Waals surface area contributed by atoms with E-state index < -0.39 is 5.97 Å². The van der Waals surface area contributed by atoms with Crippen LogP contribution in [0.25, 0.3) is 0 Å². The maximum atomic E-state index is 12.5. The van der Waals surface area contributed by atoms with Crippen LogP contribution in [-0.2, 0) is 4.79 Å². The van der Waals surface area contributed by atoms with Crippen molar-refractivity contribution in [2.75, 3.05) is 32.7 Å². The summed E-state index contributed by atoms with van der Waals surface area (Å²) in [4.78, 5) is 17.6. The zero-order valence-electron chi connectivity index (χ0n) is 23.4. The van der Waals surface area contributed by atoms with Crippen LogP contribution in [0.5, 0.6) is 0 Å². The molecule has 0 radical (unpaired) electrons. The van der Waals surface area contributed by atoms with Crippen LogP contribution in [0.4, 0.5) is 0 Å². The van der Waals surface area contributed by atoms with Gasteiger partial charge < -0.3 is 10.0 Å². The van der Waals surface area contributed by atoms with Crippen molar-refractivity contribution in [2.24, 2.45) is 17.8 Å². The number of hydrogen-bond donors (Lipinski definition) is 1. The largest absolute Gasteiger partial charge is 0.480 e. The number of carboxylic acids is 1. The van der Waals surface area contributed by atoms with E-state index in [1.165, 1.54) is 69.2 Å². The molecule has 0 unspecified atom stereocenters. The molecule has 2 saturated heterocycles. The third kappa shape index (κ3) is 6.87. The van der Waals surface area contributed by atoms with E-state index in [0.29, 0.717) is 23.7 Å². The molecule has 206 valence electrons. The number of aliphatic carboxylic acids is 1. The zero-order valence-corrected chi connectivity index (χ0v) is 23.4. The van der Waals surface area contributed by atoms with Crippen LogP contribution in [0.15, 0.2) is 60.7 Å². The molecule has 2 aliphatic heterocycles. The second kappa shape index (κ2) is 13.3. The van der Waals surface area contributed by atoms with Crippen molar-refractivity contribution in [3.8, 4) is 0 Å². The Morgan fingerprint density at radius 1 is 0.895 bits per heavy atom. The summed E-state index contributed by atoms with van der Waals surface area (Å²) in [6.45, 7) is 7.65. The van der Waals surface area contributed by atoms with E-state index in [0.717, 1.165) is 38.4 Å². The minimum Gasteiger partial charge on any atom is -0.480 e. The van der Waals surface area contributed by atoms with Gasteiger partial charge in [0.2, 0.25) is 0 Å². The lowest BCUT2D eigenvalue weighted by atomic mass is 9.83. The van der Waals surface area contributed by atoms with Gasteiger partial charge in [-0.2, -0.15) is 0 Å². The van der Waals surface area contributed by atoms with Crippen molar-refractivity contribution in [3.05, 3.63) is 71.8 Å². The van der Waals surface area contributed by atoms with Gasteiger partial charge in [-0.05, 0) is 86.4 Å². The van der Waals surface area contributed by atoms with E-state index in [1.807, 2.05) is 0 Å². The average molecular weight is 517 g/mol. The molecular weight excluding hydrogens is 468 g/mol. The summed E-state index contributed by atoms with van der Waals surface area (Å²) in [6, 6.07) is 21.6. The number of carboxylic acid groups (broad SMARTS) is 1. The predicted octanol–water partition coefficient (Wildman–Crippen LogP) is 7.03. The molecule has 1 aliphatic carbocycles. The molecule has 4 atom stereocenters. The van der Waals surface area contributed by atoms with Crippen LogP contribution >= 0.6 is 0 Å². The van der Waals surface area contributed by atoms with Gasteiger partial charge in [-0.25, -0.2) is 0 Å². The Morgan fingerprint density at radius 2 is 1.55 bits per heavy atom. The van der Waals surface area contributed by atoms with Gasteiger partial charge in [-0.3, -0.25) is 9.69 Å². The molecule has 2 aromatic rings. The van der Waals surface area contributed by atoms with Gasteiger partial charge in [0, 0.05) is 25.6 Å². The zero-order chi connectivity index (χ0) is 26.3. The van der Waals surface area contributed by atoms with E-state index in [2.05, 4.69) is 77.4 Å². The number of benzene rings is 2. The molecule has 4 heteroatoms. The predicted molar refractivity (Wildman–Crippen MR) is 155 cm³/mol. The first-order valence-electron chi connectivity index (χ1n) is 15.4. The van der Waals surface area contributed by atoms with Crippen LogP contribution in [0.2, 0.25) is 0 Å². The van der Waals surface area contributed by atoms with E-state index in [4.69, 9.17) is 0 Å². The molecule has 0 spiro atoms. The van der Waals surface area contributed by atoms with Gasteiger partial charge in [0.1, 0.15) is 6.04 Å². The van der Waals surface area contributed by atoms with E-state index in [-0.39, 0.29) is 6.04 Å². The number of rotatable bonds is 10. The van der Waals surface area contributed by atoms with Gasteiger partial charge in [-0.1, -0.05) is 86.8 Å². The summed E-state index contributed by atoms with van der Waals surface area (Å²) >= 11 is 0. The highest BCUT2D eigenvalue weighted by Crippen LogP contribution is 2.39. The average Bonchev–Trinajstić information content (AvgIpc) is 3.36. The Hall–Kier alpha value is -2.17. The van der Waals surface area contributed by atoms with Crippen molar-refractivity contribution < 1.29 is 9.90 Å². The molecule has 3 aliphatic rings. The smallest absolute Gasteiger partial charge is 0.321 e. The quantitative estimate of drug-likeness (QED) is 0.368. The number of carbonyl (C=O) groups is 1. The summed E-state index contributed by atoms with van der Waals surface area (Å²) < 4.78 is 0. The van der Waals surface area contributed by atoms with Crippen LogP contribution in [-0.4, -0.2) is 59.6 Å². The minimum atomic E-state index is -0.602. The lowest BCUT2D eigenvalue weighted by molar-refractivity contribution is -0.145. The first-order chi connectivity index (χ1) is 18.6. The molecule has 1 saturated carbocycles. The van der Waals surface area contributed by atoms with Crippen molar-refractivity contribution in [1.82, 2.24) is 9.80 Å². The van der Waals surface area contributed by atoms with E-state index in [9.17, 15) is 9.90 Å².